The first-order chi connectivity index (χ1) is 16.5. The molecular weight excluding hydrogens is 464 g/mol. The van der Waals surface area contributed by atoms with Crippen molar-refractivity contribution in [1.82, 2.24) is 14.3 Å². The van der Waals surface area contributed by atoms with Gasteiger partial charge in [-0.15, -0.1) is 0 Å². The average Bonchev–Trinajstić information content (AvgIpc) is 3.42. The Morgan fingerprint density at radius 2 is 1.68 bits per heavy atom. The summed E-state index contributed by atoms with van der Waals surface area (Å²) in [6.45, 7) is 5.11. The highest BCUT2D eigenvalue weighted by molar-refractivity contribution is 7.23. The molecule has 0 radical (unpaired) electrons. The van der Waals surface area contributed by atoms with Crippen LogP contribution in [0.25, 0.3) is 26.4 Å². The number of aromatic nitrogens is 2. The SMILES string of the molecule is Cc1ccc(-c2cn3c(n2)sc2cc(C(=O)N4CCN(c5ccc(Cl)cc5)CC4)ccc23)cc1. The van der Waals surface area contributed by atoms with Gasteiger partial charge in [-0.25, -0.2) is 4.98 Å². The smallest absolute Gasteiger partial charge is 0.254 e. The minimum Gasteiger partial charge on any atom is -0.368 e. The Labute approximate surface area is 206 Å². The maximum atomic E-state index is 13.2. The molecule has 34 heavy (non-hydrogen) atoms. The van der Waals surface area contributed by atoms with E-state index in [1.807, 2.05) is 47.4 Å². The molecule has 5 aromatic rings. The molecule has 0 saturated carbocycles. The number of imidazole rings is 1. The van der Waals surface area contributed by atoms with Crippen LogP contribution < -0.4 is 4.90 Å². The lowest BCUT2D eigenvalue weighted by molar-refractivity contribution is 0.0747. The van der Waals surface area contributed by atoms with E-state index in [0.717, 1.165) is 55.8 Å². The van der Waals surface area contributed by atoms with E-state index >= 15 is 0 Å². The number of thiazole rings is 1. The second kappa shape index (κ2) is 8.46. The third-order valence-corrected chi connectivity index (χ3v) is 7.72. The second-order valence-electron chi connectivity index (χ2n) is 8.68. The Morgan fingerprint density at radius 1 is 0.941 bits per heavy atom. The van der Waals surface area contributed by atoms with E-state index in [2.05, 4.69) is 46.7 Å². The zero-order chi connectivity index (χ0) is 23.2. The van der Waals surface area contributed by atoms with Crippen LogP contribution in [-0.4, -0.2) is 46.4 Å². The molecule has 1 aliphatic heterocycles. The van der Waals surface area contributed by atoms with Crippen LogP contribution in [0, 0.1) is 6.92 Å². The van der Waals surface area contributed by atoms with Crippen LogP contribution in [0.2, 0.25) is 5.02 Å². The fraction of sp³-hybridized carbons (Fsp3) is 0.185. The van der Waals surface area contributed by atoms with Crippen molar-refractivity contribution in [1.29, 1.82) is 0 Å². The van der Waals surface area contributed by atoms with Crippen molar-refractivity contribution in [3.05, 3.63) is 89.1 Å². The first-order valence-corrected chi connectivity index (χ1v) is 12.5. The first-order valence-electron chi connectivity index (χ1n) is 11.3. The molecule has 0 spiro atoms. The van der Waals surface area contributed by atoms with E-state index in [1.54, 1.807) is 11.3 Å². The molecule has 0 unspecified atom stereocenters. The van der Waals surface area contributed by atoms with Gasteiger partial charge in [0.15, 0.2) is 4.96 Å². The molecule has 5 nitrogen and oxygen atoms in total. The van der Waals surface area contributed by atoms with Crippen LogP contribution in [0.4, 0.5) is 5.69 Å². The molecule has 3 heterocycles. The molecule has 7 heteroatoms. The average molecular weight is 487 g/mol. The van der Waals surface area contributed by atoms with Gasteiger partial charge in [0.05, 0.1) is 15.9 Å². The number of amides is 1. The van der Waals surface area contributed by atoms with Gasteiger partial charge in [-0.2, -0.15) is 0 Å². The Kier molecular flexibility index (Phi) is 5.27. The van der Waals surface area contributed by atoms with Crippen molar-refractivity contribution in [3.8, 4) is 11.3 Å². The van der Waals surface area contributed by atoms with Crippen LogP contribution in [0.1, 0.15) is 15.9 Å². The van der Waals surface area contributed by atoms with Crippen molar-refractivity contribution >= 4 is 49.7 Å². The number of hydrogen-bond donors (Lipinski definition) is 0. The molecule has 0 N–H and O–H groups in total. The van der Waals surface area contributed by atoms with Gasteiger partial charge in [-0.1, -0.05) is 52.8 Å². The summed E-state index contributed by atoms with van der Waals surface area (Å²) in [6, 6.07) is 22.3. The molecule has 170 valence electrons. The van der Waals surface area contributed by atoms with Crippen molar-refractivity contribution in [2.75, 3.05) is 31.1 Å². The summed E-state index contributed by atoms with van der Waals surface area (Å²) >= 11 is 7.63. The number of rotatable bonds is 3. The number of hydrogen-bond acceptors (Lipinski definition) is 4. The monoisotopic (exact) mass is 486 g/mol. The Balaban J connectivity index is 1.20. The fourth-order valence-corrected chi connectivity index (χ4v) is 5.67. The molecule has 2 aromatic heterocycles. The Morgan fingerprint density at radius 3 is 2.41 bits per heavy atom. The number of fused-ring (bicyclic) bond motifs is 3. The summed E-state index contributed by atoms with van der Waals surface area (Å²) in [5, 5.41) is 0.736. The van der Waals surface area contributed by atoms with Crippen molar-refractivity contribution in [3.63, 3.8) is 0 Å². The molecule has 0 aliphatic carbocycles. The molecule has 3 aromatic carbocycles. The number of anilines is 1. The number of carbonyl (C=O) groups excluding carboxylic acids is 1. The quantitative estimate of drug-likeness (QED) is 0.307. The highest BCUT2D eigenvalue weighted by Gasteiger charge is 2.23. The van der Waals surface area contributed by atoms with Crippen molar-refractivity contribution in [2.24, 2.45) is 0 Å². The van der Waals surface area contributed by atoms with Gasteiger partial charge in [0.1, 0.15) is 0 Å². The third-order valence-electron chi connectivity index (χ3n) is 6.45. The number of benzene rings is 3. The largest absolute Gasteiger partial charge is 0.368 e. The molecular formula is C27H23ClN4OS. The van der Waals surface area contributed by atoms with E-state index in [0.29, 0.717) is 13.1 Å². The standard InChI is InChI=1S/C27H23ClN4OS/c1-18-2-4-19(5-3-18)23-17-32-24-11-6-20(16-25(24)34-27(32)29-23)26(33)31-14-12-30(13-15-31)22-9-7-21(28)8-10-22/h2-11,16-17H,12-15H2,1H3. The predicted octanol–water partition coefficient (Wildman–Crippen LogP) is 6.14. The summed E-state index contributed by atoms with van der Waals surface area (Å²) in [5.41, 5.74) is 6.26. The summed E-state index contributed by atoms with van der Waals surface area (Å²) < 4.78 is 3.19. The van der Waals surface area contributed by atoms with E-state index < -0.39 is 0 Å². The molecule has 1 amide bonds. The van der Waals surface area contributed by atoms with Gasteiger partial charge in [0.25, 0.3) is 5.91 Å². The third kappa shape index (κ3) is 3.83. The summed E-state index contributed by atoms with van der Waals surface area (Å²) in [4.78, 5) is 23.2. The van der Waals surface area contributed by atoms with E-state index in [4.69, 9.17) is 16.6 Å². The van der Waals surface area contributed by atoms with Gasteiger partial charge in [0, 0.05) is 54.2 Å². The number of aryl methyl sites for hydroxylation is 1. The zero-order valence-corrected chi connectivity index (χ0v) is 20.3. The Hall–Kier alpha value is -3.35. The minimum atomic E-state index is 0.0871. The highest BCUT2D eigenvalue weighted by atomic mass is 35.5. The summed E-state index contributed by atoms with van der Waals surface area (Å²) in [6.07, 6.45) is 2.08. The zero-order valence-electron chi connectivity index (χ0n) is 18.7. The summed E-state index contributed by atoms with van der Waals surface area (Å²) in [7, 11) is 0. The molecule has 1 aliphatic rings. The highest BCUT2D eigenvalue weighted by Crippen LogP contribution is 2.31. The van der Waals surface area contributed by atoms with Gasteiger partial charge < -0.3 is 9.80 Å². The number of carbonyl (C=O) groups is 1. The minimum absolute atomic E-state index is 0.0871. The van der Waals surface area contributed by atoms with Crippen molar-refractivity contribution < 1.29 is 4.79 Å². The van der Waals surface area contributed by atoms with Crippen LogP contribution in [0.5, 0.6) is 0 Å². The lowest BCUT2D eigenvalue weighted by Crippen LogP contribution is -2.48. The molecule has 0 bridgehead atoms. The topological polar surface area (TPSA) is 40.9 Å². The second-order valence-corrected chi connectivity index (χ2v) is 10.1. The van der Waals surface area contributed by atoms with Crippen LogP contribution >= 0.6 is 22.9 Å². The number of piperazine rings is 1. The molecule has 1 saturated heterocycles. The van der Waals surface area contributed by atoms with Gasteiger partial charge in [0.2, 0.25) is 0 Å². The Bertz CT molecular complexity index is 1500. The molecule has 1 fully saturated rings. The van der Waals surface area contributed by atoms with E-state index in [-0.39, 0.29) is 5.91 Å². The lowest BCUT2D eigenvalue weighted by Gasteiger charge is -2.36. The van der Waals surface area contributed by atoms with E-state index in [9.17, 15) is 4.79 Å². The predicted molar refractivity (Wildman–Crippen MR) is 140 cm³/mol. The normalized spacial score (nSPS) is 14.3. The van der Waals surface area contributed by atoms with Gasteiger partial charge in [-0.05, 0) is 49.4 Å². The van der Waals surface area contributed by atoms with E-state index in [1.165, 1.54) is 5.56 Å². The number of nitrogens with zero attached hydrogens (tertiary/aromatic N) is 4. The number of halogens is 1. The van der Waals surface area contributed by atoms with Gasteiger partial charge >= 0.3 is 0 Å². The van der Waals surface area contributed by atoms with Crippen LogP contribution in [0.3, 0.4) is 0 Å². The summed E-state index contributed by atoms with van der Waals surface area (Å²) in [5.74, 6) is 0.0871. The maximum Gasteiger partial charge on any atom is 0.254 e. The molecule has 6 rings (SSSR count). The molecule has 0 atom stereocenters. The first kappa shape index (κ1) is 21.2. The maximum absolute atomic E-state index is 13.2. The lowest BCUT2D eigenvalue weighted by atomic mass is 10.1. The van der Waals surface area contributed by atoms with Crippen LogP contribution in [-0.2, 0) is 0 Å². The fourth-order valence-electron chi connectivity index (χ4n) is 4.50. The van der Waals surface area contributed by atoms with Crippen LogP contribution in [0.15, 0.2) is 72.9 Å². The van der Waals surface area contributed by atoms with Gasteiger partial charge in [-0.3, -0.25) is 9.20 Å². The van der Waals surface area contributed by atoms with Crippen molar-refractivity contribution in [2.45, 2.75) is 6.92 Å².